The molecule has 0 radical (unpaired) electrons. The number of carbonyl (C=O) groups is 2. The lowest BCUT2D eigenvalue weighted by molar-refractivity contribution is -0.141. The predicted octanol–water partition coefficient (Wildman–Crippen LogP) is 5.88. The number of amides is 2. The molecule has 0 saturated heterocycles. The van der Waals surface area contributed by atoms with Gasteiger partial charge in [0, 0.05) is 34.6 Å². The fraction of sp³-hybridized carbons (Fsp3) is 0.462. The summed E-state index contributed by atoms with van der Waals surface area (Å²) in [4.78, 5) is 27.9. The minimum absolute atomic E-state index is 0.0142. The van der Waals surface area contributed by atoms with Crippen LogP contribution in [0.2, 0.25) is 10.0 Å². The first-order valence-electron chi connectivity index (χ1n) is 11.6. The fourth-order valence-electron chi connectivity index (χ4n) is 3.44. The van der Waals surface area contributed by atoms with Crippen molar-refractivity contribution in [2.75, 3.05) is 13.7 Å². The van der Waals surface area contributed by atoms with Crippen molar-refractivity contribution in [2.24, 2.45) is 0 Å². The van der Waals surface area contributed by atoms with Crippen molar-refractivity contribution in [1.29, 1.82) is 0 Å². The van der Waals surface area contributed by atoms with E-state index in [1.54, 1.807) is 30.2 Å². The maximum atomic E-state index is 13.3. The van der Waals surface area contributed by atoms with Gasteiger partial charge in [-0.05, 0) is 62.6 Å². The van der Waals surface area contributed by atoms with Crippen LogP contribution >= 0.6 is 23.2 Å². The molecular weight excluding hydrogens is 475 g/mol. The van der Waals surface area contributed by atoms with E-state index in [2.05, 4.69) is 5.32 Å². The number of benzene rings is 2. The van der Waals surface area contributed by atoms with Crippen LogP contribution in [0.15, 0.2) is 42.5 Å². The smallest absolute Gasteiger partial charge is 0.243 e. The number of rotatable bonds is 13. The topological polar surface area (TPSA) is 67.9 Å². The first-order valence-corrected chi connectivity index (χ1v) is 12.4. The van der Waals surface area contributed by atoms with Crippen molar-refractivity contribution in [3.8, 4) is 11.5 Å². The Morgan fingerprint density at radius 2 is 1.62 bits per heavy atom. The third-order valence-electron chi connectivity index (χ3n) is 5.64. The molecule has 2 rings (SSSR count). The summed E-state index contributed by atoms with van der Waals surface area (Å²) in [6.45, 7) is 6.36. The van der Waals surface area contributed by atoms with Crippen LogP contribution in [-0.4, -0.2) is 42.5 Å². The molecule has 0 aliphatic heterocycles. The van der Waals surface area contributed by atoms with Crippen molar-refractivity contribution < 1.29 is 19.1 Å². The Hall–Kier alpha value is -2.44. The van der Waals surface area contributed by atoms with Crippen LogP contribution in [0.5, 0.6) is 11.5 Å². The zero-order chi connectivity index (χ0) is 25.1. The Kier molecular flexibility index (Phi) is 11.5. The maximum absolute atomic E-state index is 13.3. The highest BCUT2D eigenvalue weighted by atomic mass is 35.5. The molecule has 2 amide bonds. The number of carbonyl (C=O) groups excluding carboxylic acids is 2. The lowest BCUT2D eigenvalue weighted by Crippen LogP contribution is -2.50. The number of hydrogen-bond acceptors (Lipinski definition) is 4. The molecule has 34 heavy (non-hydrogen) atoms. The molecule has 0 aromatic heterocycles. The Bertz CT molecular complexity index is 917. The van der Waals surface area contributed by atoms with E-state index in [0.717, 1.165) is 12.2 Å². The van der Waals surface area contributed by atoms with Crippen molar-refractivity contribution in [3.63, 3.8) is 0 Å². The van der Waals surface area contributed by atoms with Crippen LogP contribution in [0.4, 0.5) is 0 Å². The van der Waals surface area contributed by atoms with Gasteiger partial charge in [-0.1, -0.05) is 43.1 Å². The highest BCUT2D eigenvalue weighted by molar-refractivity contribution is 6.36. The normalized spacial score (nSPS) is 12.5. The van der Waals surface area contributed by atoms with Gasteiger partial charge in [0.2, 0.25) is 11.8 Å². The lowest BCUT2D eigenvalue weighted by Gasteiger charge is -2.32. The third kappa shape index (κ3) is 8.10. The van der Waals surface area contributed by atoms with Crippen LogP contribution in [0, 0.1) is 0 Å². The van der Waals surface area contributed by atoms with Crippen molar-refractivity contribution in [2.45, 2.75) is 65.1 Å². The molecule has 0 heterocycles. The second-order valence-corrected chi connectivity index (χ2v) is 8.91. The molecule has 0 bridgehead atoms. The number of nitrogens with zero attached hydrogens (tertiary/aromatic N) is 1. The van der Waals surface area contributed by atoms with Gasteiger partial charge in [0.1, 0.15) is 17.5 Å². The Balaban J connectivity index is 2.11. The first kappa shape index (κ1) is 27.8. The summed E-state index contributed by atoms with van der Waals surface area (Å²) in [6, 6.07) is 11.9. The third-order valence-corrected chi connectivity index (χ3v) is 6.35. The van der Waals surface area contributed by atoms with E-state index in [1.807, 2.05) is 45.0 Å². The fourth-order valence-corrected chi connectivity index (χ4v) is 3.96. The molecule has 1 N–H and O–H groups in total. The molecule has 2 atom stereocenters. The molecule has 8 heteroatoms. The SMILES string of the molecule is CC[C@@H](C)NC(=O)[C@@H](CC)N(Cc1c(Cl)cccc1Cl)C(=O)CCCOc1ccc(OC)cc1. The second-order valence-electron chi connectivity index (χ2n) is 8.09. The molecule has 186 valence electrons. The van der Waals surface area contributed by atoms with E-state index in [-0.39, 0.29) is 30.8 Å². The van der Waals surface area contributed by atoms with Gasteiger partial charge in [0.25, 0.3) is 0 Å². The highest BCUT2D eigenvalue weighted by Gasteiger charge is 2.30. The summed E-state index contributed by atoms with van der Waals surface area (Å²) in [5, 5.41) is 3.92. The summed E-state index contributed by atoms with van der Waals surface area (Å²) in [5.74, 6) is 1.12. The van der Waals surface area contributed by atoms with E-state index in [4.69, 9.17) is 32.7 Å². The molecule has 0 fully saturated rings. The van der Waals surface area contributed by atoms with Crippen LogP contribution in [0.25, 0.3) is 0 Å². The average Bonchev–Trinajstić information content (AvgIpc) is 2.83. The van der Waals surface area contributed by atoms with E-state index in [1.165, 1.54) is 0 Å². The quantitative estimate of drug-likeness (QED) is 0.343. The number of hydrogen-bond donors (Lipinski definition) is 1. The summed E-state index contributed by atoms with van der Waals surface area (Å²) in [5.41, 5.74) is 0.628. The van der Waals surface area contributed by atoms with Crippen LogP contribution in [0.1, 0.15) is 52.0 Å². The molecular formula is C26H34Cl2N2O4. The predicted molar refractivity (Wildman–Crippen MR) is 137 cm³/mol. The van der Waals surface area contributed by atoms with Crippen molar-refractivity contribution in [3.05, 3.63) is 58.1 Å². The van der Waals surface area contributed by atoms with Gasteiger partial charge in [0.05, 0.1) is 13.7 Å². The van der Waals surface area contributed by atoms with Gasteiger partial charge in [-0.25, -0.2) is 0 Å². The van der Waals surface area contributed by atoms with E-state index < -0.39 is 6.04 Å². The van der Waals surface area contributed by atoms with Gasteiger partial charge in [-0.3, -0.25) is 9.59 Å². The summed E-state index contributed by atoms with van der Waals surface area (Å²) < 4.78 is 10.9. The van der Waals surface area contributed by atoms with Gasteiger partial charge >= 0.3 is 0 Å². The zero-order valence-corrected chi connectivity index (χ0v) is 21.8. The molecule has 2 aromatic carbocycles. The van der Waals surface area contributed by atoms with Crippen LogP contribution in [0.3, 0.4) is 0 Å². The van der Waals surface area contributed by atoms with Gasteiger partial charge in [-0.15, -0.1) is 0 Å². The van der Waals surface area contributed by atoms with Crippen LogP contribution in [-0.2, 0) is 16.1 Å². The number of nitrogens with one attached hydrogen (secondary N) is 1. The molecule has 0 spiro atoms. The van der Waals surface area contributed by atoms with Crippen LogP contribution < -0.4 is 14.8 Å². The Morgan fingerprint density at radius 1 is 1.00 bits per heavy atom. The monoisotopic (exact) mass is 508 g/mol. The molecule has 0 aliphatic rings. The maximum Gasteiger partial charge on any atom is 0.243 e. The van der Waals surface area contributed by atoms with Crippen molar-refractivity contribution in [1.82, 2.24) is 10.2 Å². The summed E-state index contributed by atoms with van der Waals surface area (Å²) in [7, 11) is 1.61. The Labute approximate surface area is 212 Å². The highest BCUT2D eigenvalue weighted by Crippen LogP contribution is 2.27. The average molecular weight is 509 g/mol. The second kappa shape index (κ2) is 14.1. The first-order chi connectivity index (χ1) is 16.3. The standard InChI is InChI=1S/C26H34Cl2N2O4/c1-5-18(3)29-26(32)24(6-2)30(17-21-22(27)9-7-10-23(21)28)25(31)11-8-16-34-20-14-12-19(33-4)13-15-20/h7,9-10,12-15,18,24H,5-6,8,11,16-17H2,1-4H3,(H,29,32)/t18-,24-/m1/s1. The zero-order valence-electron chi connectivity index (χ0n) is 20.3. The molecule has 6 nitrogen and oxygen atoms in total. The summed E-state index contributed by atoms with van der Waals surface area (Å²) >= 11 is 12.8. The Morgan fingerprint density at radius 3 is 2.18 bits per heavy atom. The van der Waals surface area contributed by atoms with E-state index in [9.17, 15) is 9.59 Å². The van der Waals surface area contributed by atoms with E-state index >= 15 is 0 Å². The minimum Gasteiger partial charge on any atom is -0.497 e. The molecule has 2 aromatic rings. The largest absolute Gasteiger partial charge is 0.497 e. The van der Waals surface area contributed by atoms with Gasteiger partial charge < -0.3 is 19.7 Å². The van der Waals surface area contributed by atoms with Gasteiger partial charge in [0.15, 0.2) is 0 Å². The minimum atomic E-state index is -0.628. The van der Waals surface area contributed by atoms with E-state index in [0.29, 0.717) is 40.8 Å². The summed E-state index contributed by atoms with van der Waals surface area (Å²) in [6.07, 6.45) is 2.00. The molecule has 0 aliphatic carbocycles. The number of methoxy groups -OCH3 is 1. The molecule has 0 saturated carbocycles. The van der Waals surface area contributed by atoms with Crippen molar-refractivity contribution >= 4 is 35.0 Å². The lowest BCUT2D eigenvalue weighted by atomic mass is 10.1. The van der Waals surface area contributed by atoms with Gasteiger partial charge in [-0.2, -0.15) is 0 Å². The number of ether oxygens (including phenoxy) is 2. The molecule has 0 unspecified atom stereocenters. The number of halogens is 2.